The van der Waals surface area contributed by atoms with Gasteiger partial charge in [-0.1, -0.05) is 6.07 Å². The zero-order chi connectivity index (χ0) is 23.7. The number of carbonyl (C=O) groups excluding carboxylic acids is 2. The first-order valence-corrected chi connectivity index (χ1v) is 11.1. The zero-order valence-corrected chi connectivity index (χ0v) is 18.7. The van der Waals surface area contributed by atoms with Crippen LogP contribution in [0.2, 0.25) is 0 Å². The van der Waals surface area contributed by atoms with Gasteiger partial charge in [-0.25, -0.2) is 9.97 Å². The molecule has 9 nitrogen and oxygen atoms in total. The van der Waals surface area contributed by atoms with Crippen LogP contribution >= 0.6 is 0 Å². The summed E-state index contributed by atoms with van der Waals surface area (Å²) >= 11 is 0. The van der Waals surface area contributed by atoms with E-state index in [0.29, 0.717) is 45.5 Å². The Bertz CT molecular complexity index is 1360. The average molecular weight is 457 g/mol. The van der Waals surface area contributed by atoms with Crippen LogP contribution in [0.15, 0.2) is 54.7 Å². The number of ether oxygens (including phenoxy) is 1. The number of nitrogens with one attached hydrogen (secondary N) is 1. The number of benzene rings is 1. The number of fused-ring (bicyclic) bond motifs is 1. The van der Waals surface area contributed by atoms with Crippen molar-refractivity contribution in [1.29, 1.82) is 0 Å². The molecule has 1 saturated carbocycles. The van der Waals surface area contributed by atoms with Gasteiger partial charge in [0, 0.05) is 23.5 Å². The first kappa shape index (κ1) is 21.6. The Morgan fingerprint density at radius 1 is 1.18 bits per heavy atom. The van der Waals surface area contributed by atoms with Gasteiger partial charge in [0.2, 0.25) is 5.91 Å². The van der Waals surface area contributed by atoms with Crippen LogP contribution in [0.25, 0.3) is 16.9 Å². The molecule has 0 atom stereocenters. The van der Waals surface area contributed by atoms with Gasteiger partial charge >= 0.3 is 0 Å². The van der Waals surface area contributed by atoms with Crippen molar-refractivity contribution in [3.8, 4) is 11.6 Å². The third-order valence-corrected chi connectivity index (χ3v) is 5.67. The van der Waals surface area contributed by atoms with E-state index in [2.05, 4.69) is 15.4 Å². The van der Waals surface area contributed by atoms with E-state index in [4.69, 9.17) is 15.5 Å². The fraction of sp³-hybridized carbons (Fsp3) is 0.240. The second-order valence-electron chi connectivity index (χ2n) is 8.30. The SMILES string of the molecule is Cc1nn(-c2ccccn2)c2nc(C3CC3)cc(C(=O)Nc3ccc(OCCC(N)=O)cc3)c12. The van der Waals surface area contributed by atoms with Crippen LogP contribution in [0, 0.1) is 6.92 Å². The van der Waals surface area contributed by atoms with Crippen molar-refractivity contribution in [2.45, 2.75) is 32.1 Å². The second-order valence-corrected chi connectivity index (χ2v) is 8.30. The van der Waals surface area contributed by atoms with Crippen LogP contribution in [-0.4, -0.2) is 38.2 Å². The van der Waals surface area contributed by atoms with E-state index in [1.165, 1.54) is 0 Å². The van der Waals surface area contributed by atoms with Crippen molar-refractivity contribution < 1.29 is 14.3 Å². The molecule has 0 bridgehead atoms. The van der Waals surface area contributed by atoms with Gasteiger partial charge in [-0.3, -0.25) is 9.59 Å². The Hall–Kier alpha value is -4.27. The number of hydrogen-bond acceptors (Lipinski definition) is 6. The highest BCUT2D eigenvalue weighted by molar-refractivity contribution is 6.12. The molecular formula is C25H24N6O3. The van der Waals surface area contributed by atoms with Gasteiger partial charge < -0.3 is 15.8 Å². The van der Waals surface area contributed by atoms with Crippen molar-refractivity contribution >= 4 is 28.5 Å². The molecule has 1 aliphatic carbocycles. The molecular weight excluding hydrogens is 432 g/mol. The predicted molar refractivity (Wildman–Crippen MR) is 127 cm³/mol. The maximum absolute atomic E-state index is 13.4. The molecule has 1 fully saturated rings. The van der Waals surface area contributed by atoms with E-state index in [1.807, 2.05) is 31.2 Å². The molecule has 3 heterocycles. The standard InChI is InChI=1S/C25H24N6O3/c1-15-23-19(25(33)28-17-7-9-18(10-8-17)34-13-11-21(26)32)14-20(16-5-6-16)29-24(23)31(30-15)22-4-2-3-12-27-22/h2-4,7-10,12,14,16H,5-6,11,13H2,1H3,(H2,26,32)(H,28,33). The van der Waals surface area contributed by atoms with Gasteiger partial charge in [-0.05, 0) is 62.2 Å². The lowest BCUT2D eigenvalue weighted by Gasteiger charge is -2.10. The largest absolute Gasteiger partial charge is 0.493 e. The van der Waals surface area contributed by atoms with Crippen LogP contribution in [0.3, 0.4) is 0 Å². The fourth-order valence-electron chi connectivity index (χ4n) is 3.82. The quantitative estimate of drug-likeness (QED) is 0.418. The van der Waals surface area contributed by atoms with E-state index in [0.717, 1.165) is 18.5 Å². The summed E-state index contributed by atoms with van der Waals surface area (Å²) in [4.78, 5) is 33.5. The summed E-state index contributed by atoms with van der Waals surface area (Å²) in [6.45, 7) is 2.08. The molecule has 9 heteroatoms. The molecule has 5 rings (SSSR count). The lowest BCUT2D eigenvalue weighted by atomic mass is 10.1. The highest BCUT2D eigenvalue weighted by Crippen LogP contribution is 2.40. The van der Waals surface area contributed by atoms with Crippen molar-refractivity contribution in [2.24, 2.45) is 5.73 Å². The number of anilines is 1. The highest BCUT2D eigenvalue weighted by Gasteiger charge is 2.29. The first-order chi connectivity index (χ1) is 16.5. The predicted octanol–water partition coefficient (Wildman–Crippen LogP) is 3.51. The molecule has 2 amide bonds. The molecule has 172 valence electrons. The number of amides is 2. The molecule has 0 spiro atoms. The molecule has 3 aromatic heterocycles. The number of aryl methyl sites for hydroxylation is 1. The van der Waals surface area contributed by atoms with Gasteiger partial charge in [-0.2, -0.15) is 9.78 Å². The van der Waals surface area contributed by atoms with Gasteiger partial charge in [0.1, 0.15) is 5.75 Å². The Balaban J connectivity index is 1.45. The summed E-state index contributed by atoms with van der Waals surface area (Å²) in [5.41, 5.74) is 8.52. The topological polar surface area (TPSA) is 125 Å². The maximum atomic E-state index is 13.4. The van der Waals surface area contributed by atoms with Gasteiger partial charge in [-0.15, -0.1) is 0 Å². The number of aromatic nitrogens is 4. The van der Waals surface area contributed by atoms with Crippen molar-refractivity contribution in [2.75, 3.05) is 11.9 Å². The van der Waals surface area contributed by atoms with Crippen molar-refractivity contribution in [3.05, 3.63) is 71.7 Å². The summed E-state index contributed by atoms with van der Waals surface area (Å²) in [6.07, 6.45) is 3.98. The number of pyridine rings is 2. The minimum Gasteiger partial charge on any atom is -0.493 e. The first-order valence-electron chi connectivity index (χ1n) is 11.1. The number of nitrogens with two attached hydrogens (primary N) is 1. The minimum absolute atomic E-state index is 0.144. The number of carbonyl (C=O) groups is 2. The summed E-state index contributed by atoms with van der Waals surface area (Å²) in [6, 6.07) is 14.5. The number of rotatable bonds is 8. The van der Waals surface area contributed by atoms with Gasteiger partial charge in [0.25, 0.3) is 5.91 Å². The third kappa shape index (κ3) is 4.45. The molecule has 0 radical (unpaired) electrons. The monoisotopic (exact) mass is 456 g/mol. The van der Waals surface area contributed by atoms with Crippen molar-refractivity contribution in [3.63, 3.8) is 0 Å². The van der Waals surface area contributed by atoms with E-state index in [-0.39, 0.29) is 18.9 Å². The number of primary amides is 1. The highest BCUT2D eigenvalue weighted by atomic mass is 16.5. The smallest absolute Gasteiger partial charge is 0.256 e. The summed E-state index contributed by atoms with van der Waals surface area (Å²) < 4.78 is 7.19. The van der Waals surface area contributed by atoms with E-state index in [9.17, 15) is 9.59 Å². The molecule has 1 aromatic carbocycles. The van der Waals surface area contributed by atoms with Crippen LogP contribution in [0.5, 0.6) is 5.75 Å². The molecule has 0 aliphatic heterocycles. The van der Waals surface area contributed by atoms with Crippen LogP contribution in [0.4, 0.5) is 5.69 Å². The van der Waals surface area contributed by atoms with E-state index < -0.39 is 5.91 Å². The summed E-state index contributed by atoms with van der Waals surface area (Å²) in [7, 11) is 0. The molecule has 1 aliphatic rings. The fourth-order valence-corrected chi connectivity index (χ4v) is 3.82. The lowest BCUT2D eigenvalue weighted by molar-refractivity contribution is -0.118. The lowest BCUT2D eigenvalue weighted by Crippen LogP contribution is -2.15. The molecule has 3 N–H and O–H groups in total. The number of hydrogen-bond donors (Lipinski definition) is 2. The zero-order valence-electron chi connectivity index (χ0n) is 18.7. The molecule has 0 saturated heterocycles. The summed E-state index contributed by atoms with van der Waals surface area (Å²) in [5, 5.41) is 8.32. The van der Waals surface area contributed by atoms with Crippen molar-refractivity contribution in [1.82, 2.24) is 19.7 Å². The summed E-state index contributed by atoms with van der Waals surface area (Å²) in [5.74, 6) is 0.952. The van der Waals surface area contributed by atoms with Crippen LogP contribution < -0.4 is 15.8 Å². The normalized spacial score (nSPS) is 13.1. The Morgan fingerprint density at radius 3 is 2.65 bits per heavy atom. The molecule has 4 aromatic rings. The van der Waals surface area contributed by atoms with Crippen LogP contribution in [0.1, 0.15) is 46.9 Å². The minimum atomic E-state index is -0.417. The van der Waals surface area contributed by atoms with E-state index in [1.54, 1.807) is 35.1 Å². The Morgan fingerprint density at radius 2 is 1.97 bits per heavy atom. The number of nitrogens with zero attached hydrogens (tertiary/aromatic N) is 4. The molecule has 34 heavy (non-hydrogen) atoms. The van der Waals surface area contributed by atoms with E-state index >= 15 is 0 Å². The third-order valence-electron chi connectivity index (χ3n) is 5.67. The Labute approximate surface area is 196 Å². The average Bonchev–Trinajstić information content (AvgIpc) is 3.63. The van der Waals surface area contributed by atoms with Gasteiger partial charge in [0.05, 0.1) is 29.7 Å². The second kappa shape index (κ2) is 8.93. The maximum Gasteiger partial charge on any atom is 0.256 e. The molecule has 0 unspecified atom stereocenters. The Kier molecular flexibility index (Phi) is 5.67. The van der Waals surface area contributed by atoms with Gasteiger partial charge in [0.15, 0.2) is 11.5 Å². The van der Waals surface area contributed by atoms with Crippen LogP contribution in [-0.2, 0) is 4.79 Å².